The van der Waals surface area contributed by atoms with Crippen molar-refractivity contribution in [2.24, 2.45) is 0 Å². The van der Waals surface area contributed by atoms with E-state index in [1.54, 1.807) is 0 Å². The van der Waals surface area contributed by atoms with Gasteiger partial charge in [-0.15, -0.1) is 11.3 Å². The predicted octanol–water partition coefficient (Wildman–Crippen LogP) is 3.51. The molecule has 1 unspecified atom stereocenters. The van der Waals surface area contributed by atoms with Crippen molar-refractivity contribution in [3.63, 3.8) is 0 Å². The Kier molecular flexibility index (Phi) is 4.63. The Balaban J connectivity index is 1.46. The quantitative estimate of drug-likeness (QED) is 0.857. The lowest BCUT2D eigenvalue weighted by Gasteiger charge is -2.37. The van der Waals surface area contributed by atoms with Crippen molar-refractivity contribution in [2.45, 2.75) is 31.7 Å². The van der Waals surface area contributed by atoms with E-state index in [1.165, 1.54) is 43.7 Å². The number of rotatable bonds is 3. The summed E-state index contributed by atoms with van der Waals surface area (Å²) in [6, 6.07) is 10.6. The predicted molar refractivity (Wildman–Crippen MR) is 97.3 cm³/mol. The molecule has 0 saturated carbocycles. The van der Waals surface area contributed by atoms with Gasteiger partial charge in [-0.05, 0) is 38.8 Å². The highest BCUT2D eigenvalue weighted by Gasteiger charge is 2.30. The van der Waals surface area contributed by atoms with Crippen LogP contribution in [0.1, 0.15) is 35.5 Å². The first-order chi connectivity index (χ1) is 11.8. The van der Waals surface area contributed by atoms with E-state index < -0.39 is 0 Å². The number of benzene rings is 1. The first kappa shape index (κ1) is 15.8. The van der Waals surface area contributed by atoms with Crippen molar-refractivity contribution in [3.8, 4) is 11.3 Å². The maximum absolute atomic E-state index is 12.9. The Morgan fingerprint density at radius 1 is 1.08 bits per heavy atom. The van der Waals surface area contributed by atoms with Crippen LogP contribution in [0.2, 0.25) is 0 Å². The molecule has 0 radical (unpaired) electrons. The summed E-state index contributed by atoms with van der Waals surface area (Å²) in [6.07, 6.45) is 4.93. The van der Waals surface area contributed by atoms with Crippen LogP contribution in [-0.2, 0) is 0 Å². The van der Waals surface area contributed by atoms with Crippen LogP contribution in [0.3, 0.4) is 0 Å². The maximum atomic E-state index is 12.9. The van der Waals surface area contributed by atoms with Gasteiger partial charge in [0.15, 0.2) is 5.01 Å². The van der Waals surface area contributed by atoms with Crippen LogP contribution in [0, 0.1) is 0 Å². The smallest absolute Gasteiger partial charge is 0.282 e. The molecule has 126 valence electrons. The summed E-state index contributed by atoms with van der Waals surface area (Å²) in [4.78, 5) is 22.0. The van der Waals surface area contributed by atoms with Gasteiger partial charge in [0.05, 0.1) is 5.69 Å². The Labute approximate surface area is 147 Å². The lowest BCUT2D eigenvalue weighted by Crippen LogP contribution is -2.48. The van der Waals surface area contributed by atoms with Gasteiger partial charge in [0.1, 0.15) is 0 Å². The van der Waals surface area contributed by atoms with Crippen LogP contribution in [0.25, 0.3) is 11.3 Å². The average molecular weight is 341 g/mol. The minimum atomic E-state index is 0.103. The topological polar surface area (TPSA) is 36.4 Å². The molecule has 1 atom stereocenters. The number of aromatic nitrogens is 1. The van der Waals surface area contributed by atoms with Gasteiger partial charge in [-0.3, -0.25) is 9.69 Å². The highest BCUT2D eigenvalue weighted by molar-refractivity contribution is 7.12. The number of nitrogens with zero attached hydrogens (tertiary/aromatic N) is 3. The van der Waals surface area contributed by atoms with Crippen molar-refractivity contribution < 1.29 is 4.79 Å². The summed E-state index contributed by atoms with van der Waals surface area (Å²) in [5.41, 5.74) is 1.97. The average Bonchev–Trinajstić information content (AvgIpc) is 3.34. The number of carbonyl (C=O) groups excluding carboxylic acids is 1. The van der Waals surface area contributed by atoms with Crippen LogP contribution in [0.5, 0.6) is 0 Å². The number of amides is 1. The van der Waals surface area contributed by atoms with Gasteiger partial charge in [-0.25, -0.2) is 4.98 Å². The molecule has 4 nitrogen and oxygen atoms in total. The molecule has 1 amide bonds. The van der Waals surface area contributed by atoms with E-state index in [0.717, 1.165) is 30.8 Å². The standard InChI is InChI=1S/C19H23N3OS/c23-19(18-20-17(14-24-18)15-7-2-1-3-8-15)22-12-6-9-16(13-22)21-10-4-5-11-21/h1-3,7-8,14,16H,4-6,9-13H2. The van der Waals surface area contributed by atoms with Gasteiger partial charge >= 0.3 is 0 Å². The fourth-order valence-electron chi connectivity index (χ4n) is 3.79. The van der Waals surface area contributed by atoms with Gasteiger partial charge < -0.3 is 4.90 Å². The fraction of sp³-hybridized carbons (Fsp3) is 0.474. The summed E-state index contributed by atoms with van der Waals surface area (Å²) < 4.78 is 0. The van der Waals surface area contributed by atoms with Gasteiger partial charge in [0, 0.05) is 30.1 Å². The third kappa shape index (κ3) is 3.23. The van der Waals surface area contributed by atoms with Crippen LogP contribution in [0.15, 0.2) is 35.7 Å². The van der Waals surface area contributed by atoms with E-state index >= 15 is 0 Å². The van der Waals surface area contributed by atoms with Crippen molar-refractivity contribution in [1.29, 1.82) is 0 Å². The molecule has 3 heterocycles. The molecular formula is C19H23N3OS. The molecule has 2 aliphatic heterocycles. The van der Waals surface area contributed by atoms with Crippen LogP contribution < -0.4 is 0 Å². The van der Waals surface area contributed by atoms with Gasteiger partial charge in [0.25, 0.3) is 5.91 Å². The number of hydrogen-bond acceptors (Lipinski definition) is 4. The zero-order valence-corrected chi connectivity index (χ0v) is 14.7. The summed E-state index contributed by atoms with van der Waals surface area (Å²) in [6.45, 7) is 4.12. The molecule has 2 aromatic rings. The Bertz CT molecular complexity index is 694. The zero-order valence-electron chi connectivity index (χ0n) is 13.9. The minimum absolute atomic E-state index is 0.103. The van der Waals surface area contributed by atoms with E-state index in [2.05, 4.69) is 9.88 Å². The maximum Gasteiger partial charge on any atom is 0.282 e. The van der Waals surface area contributed by atoms with Crippen molar-refractivity contribution in [1.82, 2.24) is 14.8 Å². The second kappa shape index (κ2) is 7.03. The first-order valence-corrected chi connectivity index (χ1v) is 9.73. The minimum Gasteiger partial charge on any atom is -0.335 e. The molecule has 0 aliphatic carbocycles. The molecule has 2 aliphatic rings. The second-order valence-electron chi connectivity index (χ2n) is 6.69. The molecule has 0 bridgehead atoms. The van der Waals surface area contributed by atoms with Crippen molar-refractivity contribution in [2.75, 3.05) is 26.2 Å². The van der Waals surface area contributed by atoms with E-state index in [0.29, 0.717) is 11.0 Å². The molecular weight excluding hydrogens is 318 g/mol. The first-order valence-electron chi connectivity index (χ1n) is 8.85. The highest BCUT2D eigenvalue weighted by Crippen LogP contribution is 2.25. The zero-order chi connectivity index (χ0) is 16.4. The normalized spacial score (nSPS) is 22.0. The lowest BCUT2D eigenvalue weighted by atomic mass is 10.0. The largest absolute Gasteiger partial charge is 0.335 e. The summed E-state index contributed by atoms with van der Waals surface area (Å²) in [5.74, 6) is 0.103. The Morgan fingerprint density at radius 3 is 2.67 bits per heavy atom. The SMILES string of the molecule is O=C(c1nc(-c2ccccc2)cs1)N1CCCC(N2CCCC2)C1. The van der Waals surface area contributed by atoms with E-state index in [9.17, 15) is 4.79 Å². The monoisotopic (exact) mass is 341 g/mol. The molecule has 0 spiro atoms. The van der Waals surface area contributed by atoms with E-state index in [1.807, 2.05) is 40.6 Å². The number of carbonyl (C=O) groups is 1. The number of hydrogen-bond donors (Lipinski definition) is 0. The Hall–Kier alpha value is -1.72. The summed E-state index contributed by atoms with van der Waals surface area (Å²) >= 11 is 1.46. The number of piperidine rings is 1. The Morgan fingerprint density at radius 2 is 1.88 bits per heavy atom. The molecule has 1 aromatic heterocycles. The fourth-order valence-corrected chi connectivity index (χ4v) is 4.59. The van der Waals surface area contributed by atoms with E-state index in [4.69, 9.17) is 0 Å². The highest BCUT2D eigenvalue weighted by atomic mass is 32.1. The van der Waals surface area contributed by atoms with Gasteiger partial charge in [0.2, 0.25) is 0 Å². The molecule has 2 fully saturated rings. The van der Waals surface area contributed by atoms with Crippen molar-refractivity contribution >= 4 is 17.2 Å². The van der Waals surface area contributed by atoms with E-state index in [-0.39, 0.29) is 5.91 Å². The van der Waals surface area contributed by atoms with Crippen LogP contribution in [0.4, 0.5) is 0 Å². The third-order valence-corrected chi connectivity index (χ3v) is 5.93. The van der Waals surface area contributed by atoms with Gasteiger partial charge in [-0.2, -0.15) is 0 Å². The van der Waals surface area contributed by atoms with Crippen molar-refractivity contribution in [3.05, 3.63) is 40.7 Å². The van der Waals surface area contributed by atoms with Crippen LogP contribution in [-0.4, -0.2) is 52.9 Å². The second-order valence-corrected chi connectivity index (χ2v) is 7.55. The molecule has 2 saturated heterocycles. The molecule has 1 aromatic carbocycles. The number of likely N-dealkylation sites (tertiary alicyclic amines) is 2. The third-order valence-electron chi connectivity index (χ3n) is 5.10. The molecule has 0 N–H and O–H groups in total. The number of thiazole rings is 1. The molecule has 5 heteroatoms. The van der Waals surface area contributed by atoms with Gasteiger partial charge in [-0.1, -0.05) is 30.3 Å². The molecule has 4 rings (SSSR count). The summed E-state index contributed by atoms with van der Waals surface area (Å²) in [7, 11) is 0. The molecule has 24 heavy (non-hydrogen) atoms. The lowest BCUT2D eigenvalue weighted by molar-refractivity contribution is 0.0607. The summed E-state index contributed by atoms with van der Waals surface area (Å²) in [5, 5.41) is 2.61. The van der Waals surface area contributed by atoms with Crippen LogP contribution >= 0.6 is 11.3 Å².